The van der Waals surface area contributed by atoms with Gasteiger partial charge in [0.15, 0.2) is 11.5 Å². The van der Waals surface area contributed by atoms with Crippen LogP contribution in [0, 0.1) is 5.92 Å². The van der Waals surface area contributed by atoms with Crippen LogP contribution in [0.3, 0.4) is 0 Å². The third-order valence-corrected chi connectivity index (χ3v) is 5.94. The summed E-state index contributed by atoms with van der Waals surface area (Å²) in [4.78, 5) is 11.3. The molecule has 13 nitrogen and oxygen atoms in total. The zero-order chi connectivity index (χ0) is 23.7. The van der Waals surface area contributed by atoms with Crippen molar-refractivity contribution in [1.29, 1.82) is 0 Å². The quantitative estimate of drug-likeness (QED) is 0.149. The summed E-state index contributed by atoms with van der Waals surface area (Å²) < 4.78 is 108. The molecule has 0 aliphatic heterocycles. The van der Waals surface area contributed by atoms with Crippen LogP contribution >= 0.6 is 0 Å². The van der Waals surface area contributed by atoms with Crippen molar-refractivity contribution in [2.24, 2.45) is 5.92 Å². The molecule has 0 saturated carbocycles. The highest BCUT2D eigenvalue weighted by atomic mass is 32.2. The lowest BCUT2D eigenvalue weighted by Crippen LogP contribution is -2.20. The minimum Gasteiger partial charge on any atom is -0.494 e. The average molecular weight is 509 g/mol. The number of hydrogen-bond acceptors (Lipinski definition) is 10. The normalized spacial score (nSPS) is 17.8. The molecule has 0 heterocycles. The van der Waals surface area contributed by atoms with Gasteiger partial charge < -0.3 is 19.0 Å². The van der Waals surface area contributed by atoms with Crippen LogP contribution in [0.1, 0.15) is 19.3 Å². The molecule has 0 fully saturated rings. The molecule has 0 aromatic carbocycles. The van der Waals surface area contributed by atoms with E-state index in [2.05, 4.69) is 0 Å². The maximum absolute atomic E-state index is 11.3. The Balaban J connectivity index is 2.98. The first-order chi connectivity index (χ1) is 14.2. The highest BCUT2D eigenvalue weighted by Crippen LogP contribution is 2.31. The summed E-state index contributed by atoms with van der Waals surface area (Å²) in [5.41, 5.74) is 0. The molecular weight excluding hydrogens is 484 g/mol. The average Bonchev–Trinajstić information content (AvgIpc) is 2.60. The summed E-state index contributed by atoms with van der Waals surface area (Å²) in [5, 5.41) is 0. The first kappa shape index (κ1) is 27.3. The first-order valence-electron chi connectivity index (χ1n) is 8.84. The maximum atomic E-state index is 11.3. The van der Waals surface area contributed by atoms with Crippen molar-refractivity contribution in [1.82, 2.24) is 0 Å². The van der Waals surface area contributed by atoms with Crippen LogP contribution in [0.15, 0.2) is 23.4 Å². The number of rotatable bonds is 15. The Hall–Kier alpha value is -1.72. The highest BCUT2D eigenvalue weighted by Gasteiger charge is 2.27. The Bertz CT molecular complexity index is 991. The zero-order valence-corrected chi connectivity index (χ0v) is 18.7. The molecule has 1 aliphatic rings. The lowest BCUT2D eigenvalue weighted by Gasteiger charge is -2.25. The van der Waals surface area contributed by atoms with E-state index in [4.69, 9.17) is 27.9 Å². The second-order valence-electron chi connectivity index (χ2n) is 6.40. The van der Waals surface area contributed by atoms with Gasteiger partial charge in [0.1, 0.15) is 24.4 Å². The van der Waals surface area contributed by atoms with Gasteiger partial charge in [0.2, 0.25) is 0 Å². The van der Waals surface area contributed by atoms with Gasteiger partial charge in [0, 0.05) is 12.3 Å². The molecule has 0 aromatic heterocycles. The van der Waals surface area contributed by atoms with Crippen molar-refractivity contribution in [3.8, 4) is 0 Å². The molecule has 1 unspecified atom stereocenters. The third-order valence-electron chi connectivity index (χ3n) is 3.65. The molecule has 0 radical (unpaired) electrons. The SMILES string of the molecule is O=CC1C=C(OCCS(=O)(=O)O)C(OCCCS(=O)(=O)O)=C(OCCCS(=O)(=O)O)C1. The number of hydrogen-bond donors (Lipinski definition) is 3. The minimum absolute atomic E-state index is 0.00579. The summed E-state index contributed by atoms with van der Waals surface area (Å²) in [6, 6.07) is 0. The van der Waals surface area contributed by atoms with E-state index in [9.17, 15) is 30.0 Å². The monoisotopic (exact) mass is 508 g/mol. The Morgan fingerprint density at radius 1 is 0.806 bits per heavy atom. The smallest absolute Gasteiger partial charge is 0.268 e. The second kappa shape index (κ2) is 11.8. The van der Waals surface area contributed by atoms with Gasteiger partial charge in [0.05, 0.1) is 24.7 Å². The van der Waals surface area contributed by atoms with Crippen molar-refractivity contribution in [2.45, 2.75) is 19.3 Å². The second-order valence-corrected chi connectivity index (χ2v) is 11.1. The van der Waals surface area contributed by atoms with E-state index in [-0.39, 0.29) is 49.8 Å². The van der Waals surface area contributed by atoms with Crippen molar-refractivity contribution < 1.29 is 57.9 Å². The van der Waals surface area contributed by atoms with Crippen molar-refractivity contribution in [3.63, 3.8) is 0 Å². The topological polar surface area (TPSA) is 208 Å². The van der Waals surface area contributed by atoms with E-state index in [0.717, 1.165) is 0 Å². The summed E-state index contributed by atoms with van der Waals surface area (Å²) >= 11 is 0. The Morgan fingerprint density at radius 3 is 1.81 bits per heavy atom. The van der Waals surface area contributed by atoms with E-state index in [1.54, 1.807) is 0 Å². The van der Waals surface area contributed by atoms with Crippen LogP contribution in [0.4, 0.5) is 0 Å². The lowest BCUT2D eigenvalue weighted by molar-refractivity contribution is -0.110. The Kier molecular flexibility index (Phi) is 10.4. The molecule has 16 heteroatoms. The van der Waals surface area contributed by atoms with Gasteiger partial charge in [-0.2, -0.15) is 25.3 Å². The van der Waals surface area contributed by atoms with Crippen molar-refractivity contribution in [2.75, 3.05) is 37.1 Å². The van der Waals surface area contributed by atoms with E-state index < -0.39 is 60.1 Å². The molecule has 0 spiro atoms. The van der Waals surface area contributed by atoms with E-state index >= 15 is 0 Å². The maximum Gasteiger partial charge on any atom is 0.268 e. The molecule has 0 aromatic rings. The molecular formula is C15H24O13S3. The summed E-state index contributed by atoms with van der Waals surface area (Å²) in [6.45, 7) is -0.904. The fourth-order valence-corrected chi connectivity index (χ4v) is 3.62. The van der Waals surface area contributed by atoms with Gasteiger partial charge in [-0.15, -0.1) is 0 Å². The number of carbonyl (C=O) groups is 1. The number of ether oxygens (including phenoxy) is 3. The number of aldehydes is 1. The van der Waals surface area contributed by atoms with Crippen molar-refractivity contribution in [3.05, 3.63) is 23.4 Å². The van der Waals surface area contributed by atoms with Gasteiger partial charge in [-0.3, -0.25) is 13.7 Å². The molecule has 1 rings (SSSR count). The first-order valence-corrected chi connectivity index (χ1v) is 13.7. The molecule has 0 amide bonds. The minimum atomic E-state index is -4.33. The standard InChI is InChI=1S/C15H24O13S3/c16-11-12-9-13(26-3-1-6-29(17,18)19)15(28-4-2-7-30(20,21)22)14(10-12)27-5-8-31(23,24)25/h10-12H,1-9H2,(H,17,18,19)(H,20,21,22)(H,23,24,25). The third kappa shape index (κ3) is 12.7. The highest BCUT2D eigenvalue weighted by molar-refractivity contribution is 7.86. The summed E-state index contributed by atoms with van der Waals surface area (Å²) in [6.07, 6.45) is 1.66. The number of allylic oxidation sites excluding steroid dienone is 2. The molecule has 31 heavy (non-hydrogen) atoms. The zero-order valence-electron chi connectivity index (χ0n) is 16.2. The fraction of sp³-hybridized carbons (Fsp3) is 0.667. The van der Waals surface area contributed by atoms with Crippen molar-refractivity contribution >= 4 is 36.6 Å². The molecule has 1 aliphatic carbocycles. The Morgan fingerprint density at radius 2 is 1.32 bits per heavy atom. The van der Waals surface area contributed by atoms with Gasteiger partial charge in [-0.25, -0.2) is 0 Å². The Labute approximate surface area is 180 Å². The molecule has 0 bridgehead atoms. The van der Waals surface area contributed by atoms with Crippen LogP contribution in [0.5, 0.6) is 0 Å². The van der Waals surface area contributed by atoms with Crippen LogP contribution in [0.2, 0.25) is 0 Å². The van der Waals surface area contributed by atoms with Crippen LogP contribution in [-0.2, 0) is 49.4 Å². The van der Waals surface area contributed by atoms with E-state index in [1.165, 1.54) is 6.08 Å². The van der Waals surface area contributed by atoms with Crippen LogP contribution < -0.4 is 0 Å². The van der Waals surface area contributed by atoms with E-state index in [1.807, 2.05) is 0 Å². The van der Waals surface area contributed by atoms with E-state index in [0.29, 0.717) is 6.29 Å². The molecule has 3 N–H and O–H groups in total. The molecule has 0 saturated heterocycles. The van der Waals surface area contributed by atoms with Gasteiger partial charge in [-0.05, 0) is 18.9 Å². The van der Waals surface area contributed by atoms with Gasteiger partial charge >= 0.3 is 0 Å². The predicted octanol–water partition coefficient (Wildman–Crippen LogP) is -0.206. The number of carbonyl (C=O) groups excluding carboxylic acids is 1. The predicted molar refractivity (Wildman–Crippen MR) is 106 cm³/mol. The lowest BCUT2D eigenvalue weighted by atomic mass is 9.98. The fourth-order valence-electron chi connectivity index (χ4n) is 2.36. The van der Waals surface area contributed by atoms with Gasteiger partial charge in [-0.1, -0.05) is 0 Å². The molecule has 1 atom stereocenters. The summed E-state index contributed by atoms with van der Waals surface area (Å²) in [5.74, 6) is -2.78. The molecule has 180 valence electrons. The van der Waals surface area contributed by atoms with Crippen LogP contribution in [0.25, 0.3) is 0 Å². The van der Waals surface area contributed by atoms with Gasteiger partial charge in [0.25, 0.3) is 30.4 Å². The van der Waals surface area contributed by atoms with Crippen LogP contribution in [-0.4, -0.2) is 82.3 Å². The summed E-state index contributed by atoms with van der Waals surface area (Å²) in [7, 11) is -12.8. The largest absolute Gasteiger partial charge is 0.494 e.